The third-order valence-corrected chi connectivity index (χ3v) is 5.73. The number of hydrogen-bond donors (Lipinski definition) is 0. The summed E-state index contributed by atoms with van der Waals surface area (Å²) in [5, 5.41) is 11.4. The first-order valence-corrected chi connectivity index (χ1v) is 10.8. The minimum absolute atomic E-state index is 0.0498. The molecule has 0 spiro atoms. The van der Waals surface area contributed by atoms with E-state index >= 15 is 0 Å². The molecule has 0 atom stereocenters. The van der Waals surface area contributed by atoms with Crippen LogP contribution >= 0.6 is 11.3 Å². The topological polar surface area (TPSA) is 82.6 Å². The quantitative estimate of drug-likeness (QED) is 0.597. The van der Waals surface area contributed by atoms with E-state index in [1.807, 2.05) is 51.6 Å². The molecule has 3 aromatic rings. The lowest BCUT2D eigenvalue weighted by atomic mass is 10.2. The largest absolute Gasteiger partial charge is 0.494 e. The van der Waals surface area contributed by atoms with Crippen LogP contribution < -0.4 is 9.64 Å². The number of oxazole rings is 1. The number of ether oxygens (including phenoxy) is 1. The average Bonchev–Trinajstić information content (AvgIpc) is 3.48. The number of rotatable bonds is 6. The summed E-state index contributed by atoms with van der Waals surface area (Å²) < 4.78 is 11.6. The minimum Gasteiger partial charge on any atom is -0.494 e. The summed E-state index contributed by atoms with van der Waals surface area (Å²) in [7, 11) is 0. The van der Waals surface area contributed by atoms with E-state index in [0.717, 1.165) is 22.6 Å². The van der Waals surface area contributed by atoms with E-state index in [9.17, 15) is 10.1 Å². The Morgan fingerprint density at radius 1 is 1.23 bits per heavy atom. The van der Waals surface area contributed by atoms with Crippen LogP contribution in [0.1, 0.15) is 28.7 Å². The molecule has 4 rings (SSSR count). The summed E-state index contributed by atoms with van der Waals surface area (Å²) in [4.78, 5) is 21.5. The van der Waals surface area contributed by atoms with Gasteiger partial charge in [0, 0.05) is 31.7 Å². The van der Waals surface area contributed by atoms with Gasteiger partial charge in [0.15, 0.2) is 0 Å². The van der Waals surface area contributed by atoms with E-state index in [1.165, 1.54) is 11.3 Å². The van der Waals surface area contributed by atoms with Crippen molar-refractivity contribution in [2.24, 2.45) is 0 Å². The zero-order valence-corrected chi connectivity index (χ0v) is 17.5. The second-order valence-electron chi connectivity index (χ2n) is 6.91. The van der Waals surface area contributed by atoms with Crippen molar-refractivity contribution in [2.75, 3.05) is 37.7 Å². The van der Waals surface area contributed by atoms with Crippen molar-refractivity contribution in [1.29, 1.82) is 5.26 Å². The zero-order valence-electron chi connectivity index (χ0n) is 16.7. The van der Waals surface area contributed by atoms with Crippen molar-refractivity contribution in [3.8, 4) is 23.3 Å². The number of benzene rings is 1. The molecule has 1 aliphatic rings. The van der Waals surface area contributed by atoms with Crippen molar-refractivity contribution >= 4 is 23.1 Å². The van der Waals surface area contributed by atoms with Crippen molar-refractivity contribution in [1.82, 2.24) is 9.88 Å². The second-order valence-corrected chi connectivity index (χ2v) is 7.86. The first-order valence-electron chi connectivity index (χ1n) is 9.91. The minimum atomic E-state index is 0.0498. The molecular formula is C22H22N4O3S. The summed E-state index contributed by atoms with van der Waals surface area (Å²) in [6.07, 6.45) is 0.947. The SMILES string of the molecule is CCCOc1ccc(-c2nc(C#N)c(N3CCN(C(=O)c4cccs4)CC3)o2)cc1. The van der Waals surface area contributed by atoms with Gasteiger partial charge in [-0.1, -0.05) is 13.0 Å². The van der Waals surface area contributed by atoms with Gasteiger partial charge in [0.1, 0.15) is 11.8 Å². The van der Waals surface area contributed by atoms with E-state index < -0.39 is 0 Å². The number of piperazine rings is 1. The molecule has 0 unspecified atom stereocenters. The fourth-order valence-electron chi connectivity index (χ4n) is 3.31. The van der Waals surface area contributed by atoms with Crippen LogP contribution in [0.5, 0.6) is 5.75 Å². The summed E-state index contributed by atoms with van der Waals surface area (Å²) >= 11 is 1.45. The van der Waals surface area contributed by atoms with Crippen molar-refractivity contribution in [3.63, 3.8) is 0 Å². The smallest absolute Gasteiger partial charge is 0.264 e. The maximum atomic E-state index is 12.5. The Balaban J connectivity index is 1.46. The van der Waals surface area contributed by atoms with E-state index in [4.69, 9.17) is 9.15 Å². The number of thiophene rings is 1. The Bertz CT molecular complexity index is 1030. The Morgan fingerprint density at radius 2 is 2.00 bits per heavy atom. The summed E-state index contributed by atoms with van der Waals surface area (Å²) in [5.41, 5.74) is 1.04. The van der Waals surface area contributed by atoms with Gasteiger partial charge in [-0.25, -0.2) is 0 Å². The van der Waals surface area contributed by atoms with E-state index in [-0.39, 0.29) is 11.6 Å². The molecule has 1 aromatic carbocycles. The number of nitrogens with zero attached hydrogens (tertiary/aromatic N) is 4. The molecule has 0 bridgehead atoms. The fraction of sp³-hybridized carbons (Fsp3) is 0.318. The Hall–Kier alpha value is -3.31. The summed E-state index contributed by atoms with van der Waals surface area (Å²) in [5.74, 6) is 1.70. The third kappa shape index (κ3) is 4.16. The molecule has 30 heavy (non-hydrogen) atoms. The lowest BCUT2D eigenvalue weighted by Gasteiger charge is -2.34. The first-order chi connectivity index (χ1) is 14.7. The highest BCUT2D eigenvalue weighted by molar-refractivity contribution is 7.12. The van der Waals surface area contributed by atoms with Gasteiger partial charge in [-0.05, 0) is 42.1 Å². The molecule has 3 heterocycles. The predicted molar refractivity (Wildman–Crippen MR) is 115 cm³/mol. The molecule has 154 valence electrons. The van der Waals surface area contributed by atoms with Crippen LogP contribution in [0.25, 0.3) is 11.5 Å². The number of anilines is 1. The molecule has 0 aliphatic carbocycles. The highest BCUT2D eigenvalue weighted by atomic mass is 32.1. The monoisotopic (exact) mass is 422 g/mol. The van der Waals surface area contributed by atoms with E-state index in [0.29, 0.717) is 44.6 Å². The zero-order chi connectivity index (χ0) is 20.9. The number of aromatic nitrogens is 1. The standard InChI is InChI=1S/C22H22N4O3S/c1-2-13-28-17-7-5-16(6-8-17)20-24-18(15-23)22(29-20)26-11-9-25(10-12-26)21(27)19-4-3-14-30-19/h3-8,14H,2,9-13H2,1H3. The molecular weight excluding hydrogens is 400 g/mol. The summed E-state index contributed by atoms with van der Waals surface area (Å²) in [6.45, 7) is 5.04. The van der Waals surface area contributed by atoms with E-state index in [1.54, 1.807) is 0 Å². The molecule has 1 aliphatic heterocycles. The Labute approximate surface area is 179 Å². The van der Waals surface area contributed by atoms with Crippen LogP contribution in [-0.4, -0.2) is 48.6 Å². The lowest BCUT2D eigenvalue weighted by Crippen LogP contribution is -2.48. The van der Waals surface area contributed by atoms with Crippen LogP contribution in [0.2, 0.25) is 0 Å². The van der Waals surface area contributed by atoms with Crippen molar-refractivity contribution in [2.45, 2.75) is 13.3 Å². The molecule has 0 radical (unpaired) electrons. The third-order valence-electron chi connectivity index (χ3n) is 4.88. The fourth-order valence-corrected chi connectivity index (χ4v) is 4.00. The van der Waals surface area contributed by atoms with Gasteiger partial charge in [-0.3, -0.25) is 4.79 Å². The maximum Gasteiger partial charge on any atom is 0.264 e. The molecule has 1 fully saturated rings. The van der Waals surface area contributed by atoms with E-state index in [2.05, 4.69) is 18.0 Å². The summed E-state index contributed by atoms with van der Waals surface area (Å²) in [6, 6.07) is 13.3. The number of amides is 1. The Kier molecular flexibility index (Phi) is 6.00. The highest BCUT2D eigenvalue weighted by Crippen LogP contribution is 2.30. The lowest BCUT2D eigenvalue weighted by molar-refractivity contribution is 0.0750. The highest BCUT2D eigenvalue weighted by Gasteiger charge is 2.27. The normalized spacial score (nSPS) is 13.9. The Morgan fingerprint density at radius 3 is 2.63 bits per heavy atom. The van der Waals surface area contributed by atoms with Gasteiger partial charge in [0.25, 0.3) is 5.91 Å². The van der Waals surface area contributed by atoms with Crippen LogP contribution in [-0.2, 0) is 0 Å². The van der Waals surface area contributed by atoms with Gasteiger partial charge in [0.05, 0.1) is 11.5 Å². The van der Waals surface area contributed by atoms with Crippen LogP contribution in [0, 0.1) is 11.3 Å². The number of carbonyl (C=O) groups excluding carboxylic acids is 1. The maximum absolute atomic E-state index is 12.5. The van der Waals surface area contributed by atoms with Gasteiger partial charge >= 0.3 is 0 Å². The van der Waals surface area contributed by atoms with Crippen molar-refractivity contribution in [3.05, 3.63) is 52.3 Å². The predicted octanol–water partition coefficient (Wildman–Crippen LogP) is 4.03. The molecule has 2 aromatic heterocycles. The number of nitriles is 1. The molecule has 0 saturated carbocycles. The van der Waals surface area contributed by atoms with Gasteiger partial charge in [-0.2, -0.15) is 10.2 Å². The number of carbonyl (C=O) groups is 1. The van der Waals surface area contributed by atoms with Gasteiger partial charge < -0.3 is 19.0 Å². The van der Waals surface area contributed by atoms with Crippen LogP contribution in [0.4, 0.5) is 5.88 Å². The molecule has 1 amide bonds. The molecule has 7 nitrogen and oxygen atoms in total. The molecule has 0 N–H and O–H groups in total. The number of hydrogen-bond acceptors (Lipinski definition) is 7. The van der Waals surface area contributed by atoms with Gasteiger partial charge in [-0.15, -0.1) is 11.3 Å². The van der Waals surface area contributed by atoms with Gasteiger partial charge in [0.2, 0.25) is 17.5 Å². The second kappa shape index (κ2) is 9.01. The molecule has 1 saturated heterocycles. The van der Waals surface area contributed by atoms with Crippen LogP contribution in [0.3, 0.4) is 0 Å². The van der Waals surface area contributed by atoms with Crippen molar-refractivity contribution < 1.29 is 13.9 Å². The molecule has 8 heteroatoms. The van der Waals surface area contributed by atoms with Crippen LogP contribution in [0.15, 0.2) is 46.2 Å². The first kappa shape index (κ1) is 20.0. The average molecular weight is 423 g/mol.